The van der Waals surface area contributed by atoms with Crippen LogP contribution in [0.4, 0.5) is 21.7 Å². The van der Waals surface area contributed by atoms with E-state index in [1.165, 1.54) is 25.6 Å². The summed E-state index contributed by atoms with van der Waals surface area (Å²) in [6.45, 7) is 7.05. The molecule has 4 N–H and O–H groups in total. The number of pyridine rings is 1. The van der Waals surface area contributed by atoms with Crippen molar-refractivity contribution in [2.24, 2.45) is 5.92 Å². The quantitative estimate of drug-likeness (QED) is 0.159. The molecule has 0 spiro atoms. The zero-order chi connectivity index (χ0) is 44.8. The zero-order valence-corrected chi connectivity index (χ0v) is 35.7. The predicted octanol–water partition coefficient (Wildman–Crippen LogP) is 3.95. The lowest BCUT2D eigenvalue weighted by molar-refractivity contribution is -0.136. The Balaban J connectivity index is 0.744. The molecule has 0 saturated carbocycles. The smallest absolute Gasteiger partial charge is 0.255 e. The fourth-order valence-corrected chi connectivity index (χ4v) is 9.46. The second kappa shape index (κ2) is 17.2. The lowest BCUT2D eigenvalue weighted by Gasteiger charge is -2.37. The second-order valence-corrected chi connectivity index (χ2v) is 16.9. The number of nitrogens with one attached hydrogen (secondary N) is 2. The summed E-state index contributed by atoms with van der Waals surface area (Å²) >= 11 is 0. The maximum atomic E-state index is 13.9. The Morgan fingerprint density at radius 3 is 2.49 bits per heavy atom. The van der Waals surface area contributed by atoms with Crippen molar-refractivity contribution in [1.29, 1.82) is 0 Å². The van der Waals surface area contributed by atoms with Gasteiger partial charge in [0.15, 0.2) is 5.65 Å². The van der Waals surface area contributed by atoms with Crippen LogP contribution in [-0.2, 0) is 22.7 Å². The molecule has 7 heterocycles. The fraction of sp³-hybridized carbons (Fsp3) is 0.319. The number of fused-ring (bicyclic) bond motifs is 2. The summed E-state index contributed by atoms with van der Waals surface area (Å²) in [5.41, 5.74) is 12.7. The number of hydrogen-bond donors (Lipinski definition) is 3. The monoisotopic (exact) mass is 878 g/mol. The highest BCUT2D eigenvalue weighted by Gasteiger charge is 2.39. The summed E-state index contributed by atoms with van der Waals surface area (Å²) in [4.78, 5) is 72.7. The molecule has 4 aliphatic rings. The average Bonchev–Trinajstić information content (AvgIpc) is 4.05. The topological polar surface area (TPSA) is 197 Å². The van der Waals surface area contributed by atoms with Crippen molar-refractivity contribution in [3.63, 3.8) is 0 Å². The number of hydrogen-bond acceptors (Lipinski definition) is 13. The van der Waals surface area contributed by atoms with Crippen molar-refractivity contribution in [2.45, 2.75) is 38.4 Å². The highest BCUT2D eigenvalue weighted by atomic mass is 19.1. The number of anilines is 3. The van der Waals surface area contributed by atoms with E-state index in [4.69, 9.17) is 20.6 Å². The van der Waals surface area contributed by atoms with Crippen molar-refractivity contribution in [1.82, 2.24) is 45.2 Å². The summed E-state index contributed by atoms with van der Waals surface area (Å²) in [5.74, 6) is 0.171. The molecule has 3 aromatic carbocycles. The van der Waals surface area contributed by atoms with Gasteiger partial charge in [0.1, 0.15) is 41.3 Å². The summed E-state index contributed by atoms with van der Waals surface area (Å²) in [7, 11) is 1.43. The van der Waals surface area contributed by atoms with Gasteiger partial charge in [0.25, 0.3) is 11.8 Å². The molecule has 18 heteroatoms. The zero-order valence-electron chi connectivity index (χ0n) is 35.7. The molecule has 2 atom stereocenters. The Labute approximate surface area is 373 Å². The van der Waals surface area contributed by atoms with Gasteiger partial charge in [-0.3, -0.25) is 29.4 Å². The van der Waals surface area contributed by atoms with Crippen LogP contribution in [0.25, 0.3) is 28.0 Å². The van der Waals surface area contributed by atoms with Gasteiger partial charge in [-0.25, -0.2) is 24.0 Å². The first-order valence-corrected chi connectivity index (χ1v) is 21.8. The van der Waals surface area contributed by atoms with Gasteiger partial charge in [0.2, 0.25) is 11.8 Å². The number of imide groups is 1. The van der Waals surface area contributed by atoms with Gasteiger partial charge in [-0.1, -0.05) is 24.3 Å². The molecule has 3 saturated heterocycles. The number of ether oxygens (including phenoxy) is 1. The van der Waals surface area contributed by atoms with Crippen LogP contribution in [0.15, 0.2) is 85.3 Å². The van der Waals surface area contributed by atoms with Gasteiger partial charge in [0, 0.05) is 82.1 Å². The SMILES string of the molecule is COc1ccc(F)cc1C(=O)NCc1ccc(-c2nn(-c3ccc(N4CC[C@@H](CN5CCN(c6ccc7c(c6)CN([C@H]6CCC(=O)NC6=O)C7=O)CC5)C4)nc3)c3ncnc(N)c23)cc1. The van der Waals surface area contributed by atoms with E-state index in [1.54, 1.807) is 15.8 Å². The lowest BCUT2D eigenvalue weighted by atomic mass is 10.0. The number of nitrogens with zero attached hydrogens (tertiary/aromatic N) is 9. The van der Waals surface area contributed by atoms with E-state index >= 15 is 0 Å². The first kappa shape index (κ1) is 41.5. The number of methoxy groups -OCH3 is 1. The number of halogens is 1. The lowest BCUT2D eigenvalue weighted by Crippen LogP contribution is -2.52. The molecule has 332 valence electrons. The number of piperidine rings is 1. The van der Waals surface area contributed by atoms with Crippen molar-refractivity contribution < 1.29 is 28.3 Å². The van der Waals surface area contributed by atoms with E-state index in [1.807, 2.05) is 48.5 Å². The van der Waals surface area contributed by atoms with Gasteiger partial charge in [0.05, 0.1) is 29.9 Å². The molecular formula is C47H47FN12O5. The minimum atomic E-state index is -0.620. The molecule has 0 aliphatic carbocycles. The van der Waals surface area contributed by atoms with Gasteiger partial charge in [-0.05, 0) is 78.4 Å². The Morgan fingerprint density at radius 1 is 0.908 bits per heavy atom. The Morgan fingerprint density at radius 2 is 1.72 bits per heavy atom. The third-order valence-corrected chi connectivity index (χ3v) is 12.9. The van der Waals surface area contributed by atoms with E-state index in [2.05, 4.69) is 41.4 Å². The summed E-state index contributed by atoms with van der Waals surface area (Å²) in [5, 5.41) is 10.8. The number of piperazine rings is 1. The molecule has 0 radical (unpaired) electrons. The van der Waals surface area contributed by atoms with Crippen LogP contribution in [-0.4, -0.2) is 117 Å². The van der Waals surface area contributed by atoms with Crippen molar-refractivity contribution in [3.8, 4) is 22.7 Å². The van der Waals surface area contributed by atoms with E-state index in [9.17, 15) is 23.6 Å². The molecule has 17 nitrogen and oxygen atoms in total. The molecule has 6 aromatic rings. The molecule has 4 amide bonds. The predicted molar refractivity (Wildman–Crippen MR) is 240 cm³/mol. The van der Waals surface area contributed by atoms with E-state index in [-0.39, 0.29) is 36.1 Å². The Hall–Kier alpha value is -7.47. The standard InChI is InChI=1S/C47H47FN12O5/c1-65-38-11-6-32(48)21-36(38)45(62)51-22-28-2-4-30(5-3-28)42-41-43(49)52-27-53-44(41)60(55-42)34-8-12-39(50-23-34)58-15-14-29(25-58)24-56-16-18-57(19-17-56)33-7-9-35-31(20-33)26-59(47(35)64)37-10-13-40(61)54-46(37)63/h2-9,11-12,20-21,23,27,29,37H,10,13-19,22,24-26H2,1H3,(H,51,62)(H2,49,52,53)(H,54,61,63)/t29-,37-/m0/s1. The number of amides is 4. The van der Waals surface area contributed by atoms with Crippen LogP contribution in [0.5, 0.6) is 5.75 Å². The number of nitrogen functional groups attached to an aromatic ring is 1. The highest BCUT2D eigenvalue weighted by Crippen LogP contribution is 2.34. The Kier molecular flexibility index (Phi) is 11.0. The minimum Gasteiger partial charge on any atom is -0.496 e. The highest BCUT2D eigenvalue weighted by molar-refractivity contribution is 6.05. The first-order valence-electron chi connectivity index (χ1n) is 21.8. The number of benzene rings is 3. The van der Waals surface area contributed by atoms with Gasteiger partial charge in [-0.15, -0.1) is 0 Å². The van der Waals surface area contributed by atoms with E-state index in [0.29, 0.717) is 47.0 Å². The summed E-state index contributed by atoms with van der Waals surface area (Å²) in [6, 6.07) is 20.7. The molecular weight excluding hydrogens is 832 g/mol. The first-order chi connectivity index (χ1) is 31.6. The van der Waals surface area contributed by atoms with Crippen LogP contribution in [0.2, 0.25) is 0 Å². The molecule has 0 unspecified atom stereocenters. The van der Waals surface area contributed by atoms with Crippen LogP contribution in [0.3, 0.4) is 0 Å². The van der Waals surface area contributed by atoms with E-state index < -0.39 is 23.7 Å². The molecule has 10 rings (SSSR count). The molecule has 0 bridgehead atoms. The number of aromatic nitrogens is 5. The van der Waals surface area contributed by atoms with Gasteiger partial charge in [-0.2, -0.15) is 5.10 Å². The maximum absolute atomic E-state index is 13.9. The van der Waals surface area contributed by atoms with Gasteiger partial charge >= 0.3 is 0 Å². The third kappa shape index (κ3) is 8.16. The minimum absolute atomic E-state index is 0.116. The van der Waals surface area contributed by atoms with Crippen LogP contribution >= 0.6 is 0 Å². The molecule has 4 aliphatic heterocycles. The van der Waals surface area contributed by atoms with Crippen LogP contribution in [0.1, 0.15) is 51.1 Å². The normalized spacial score (nSPS) is 18.9. The molecule has 65 heavy (non-hydrogen) atoms. The Bertz CT molecular complexity index is 2830. The number of carbonyl (C=O) groups is 4. The number of nitrogens with two attached hydrogens (primary N) is 1. The van der Waals surface area contributed by atoms with Crippen molar-refractivity contribution >= 4 is 52.0 Å². The van der Waals surface area contributed by atoms with Crippen molar-refractivity contribution in [3.05, 3.63) is 113 Å². The number of rotatable bonds is 11. The second-order valence-electron chi connectivity index (χ2n) is 16.9. The average molecular weight is 879 g/mol. The third-order valence-electron chi connectivity index (χ3n) is 12.9. The molecule has 3 aromatic heterocycles. The fourth-order valence-electron chi connectivity index (χ4n) is 9.46. The van der Waals surface area contributed by atoms with Gasteiger partial charge < -0.3 is 30.5 Å². The molecule has 3 fully saturated rings. The summed E-state index contributed by atoms with van der Waals surface area (Å²) in [6.07, 6.45) is 4.88. The van der Waals surface area contributed by atoms with Crippen LogP contribution in [0, 0.1) is 11.7 Å². The maximum Gasteiger partial charge on any atom is 0.255 e. The van der Waals surface area contributed by atoms with E-state index in [0.717, 1.165) is 92.2 Å². The largest absolute Gasteiger partial charge is 0.496 e. The summed E-state index contributed by atoms with van der Waals surface area (Å²) < 4.78 is 20.8. The van der Waals surface area contributed by atoms with Crippen molar-refractivity contribution in [2.75, 3.05) is 68.5 Å². The van der Waals surface area contributed by atoms with Crippen LogP contribution < -0.4 is 30.9 Å². The number of carbonyl (C=O) groups excluding carboxylic acids is 4.